The number of fused-ring (bicyclic) bond motifs is 1. The van der Waals surface area contributed by atoms with Gasteiger partial charge in [-0.05, 0) is 30.2 Å². The highest BCUT2D eigenvalue weighted by molar-refractivity contribution is 6.30. The molecule has 0 radical (unpaired) electrons. The number of furan rings is 1. The SMILES string of the molecule is CC(NC(=O)c1cc2occc2n1Cc1cccc(Cl)c1)c1ccccc1. The smallest absolute Gasteiger partial charge is 0.268 e. The van der Waals surface area contributed by atoms with Crippen molar-refractivity contribution in [1.29, 1.82) is 0 Å². The van der Waals surface area contributed by atoms with Gasteiger partial charge >= 0.3 is 0 Å². The molecule has 0 saturated heterocycles. The number of hydrogen-bond donors (Lipinski definition) is 1. The van der Waals surface area contributed by atoms with Crippen LogP contribution in [0.5, 0.6) is 0 Å². The van der Waals surface area contributed by atoms with Crippen molar-refractivity contribution >= 4 is 28.6 Å². The Morgan fingerprint density at radius 3 is 2.70 bits per heavy atom. The zero-order chi connectivity index (χ0) is 18.8. The molecule has 4 nitrogen and oxygen atoms in total. The molecule has 0 spiro atoms. The maximum atomic E-state index is 13.0. The average molecular weight is 379 g/mol. The fraction of sp³-hybridized carbons (Fsp3) is 0.136. The van der Waals surface area contributed by atoms with Crippen molar-refractivity contribution in [2.75, 3.05) is 0 Å². The summed E-state index contributed by atoms with van der Waals surface area (Å²) in [6.07, 6.45) is 1.63. The van der Waals surface area contributed by atoms with Gasteiger partial charge < -0.3 is 14.3 Å². The zero-order valence-corrected chi connectivity index (χ0v) is 15.6. The minimum Gasteiger partial charge on any atom is -0.463 e. The maximum absolute atomic E-state index is 13.0. The number of rotatable bonds is 5. The lowest BCUT2D eigenvalue weighted by molar-refractivity contribution is 0.0931. The van der Waals surface area contributed by atoms with Crippen molar-refractivity contribution in [2.24, 2.45) is 0 Å². The number of nitrogens with one attached hydrogen (secondary N) is 1. The van der Waals surface area contributed by atoms with E-state index in [1.165, 1.54) is 0 Å². The maximum Gasteiger partial charge on any atom is 0.268 e. The molecule has 27 heavy (non-hydrogen) atoms. The molecule has 0 saturated carbocycles. The van der Waals surface area contributed by atoms with Crippen LogP contribution in [0.2, 0.25) is 5.02 Å². The van der Waals surface area contributed by atoms with Crippen LogP contribution in [0.1, 0.15) is 34.6 Å². The van der Waals surface area contributed by atoms with Crippen molar-refractivity contribution in [3.63, 3.8) is 0 Å². The molecule has 4 rings (SSSR count). The Morgan fingerprint density at radius 1 is 1.11 bits per heavy atom. The first kappa shape index (κ1) is 17.4. The first-order chi connectivity index (χ1) is 13.1. The highest BCUT2D eigenvalue weighted by atomic mass is 35.5. The van der Waals surface area contributed by atoms with Gasteiger partial charge in [0.25, 0.3) is 5.91 Å². The highest BCUT2D eigenvalue weighted by Gasteiger charge is 2.19. The lowest BCUT2D eigenvalue weighted by atomic mass is 10.1. The Balaban J connectivity index is 1.65. The number of nitrogens with zero attached hydrogens (tertiary/aromatic N) is 1. The summed E-state index contributed by atoms with van der Waals surface area (Å²) in [6.45, 7) is 2.51. The number of halogens is 1. The lowest BCUT2D eigenvalue weighted by Crippen LogP contribution is -2.28. The highest BCUT2D eigenvalue weighted by Crippen LogP contribution is 2.24. The van der Waals surface area contributed by atoms with E-state index in [1.807, 2.05) is 72.2 Å². The summed E-state index contributed by atoms with van der Waals surface area (Å²) in [6, 6.07) is 21.1. The van der Waals surface area contributed by atoms with Gasteiger partial charge in [0.15, 0.2) is 5.58 Å². The fourth-order valence-electron chi connectivity index (χ4n) is 3.25. The quantitative estimate of drug-likeness (QED) is 0.503. The summed E-state index contributed by atoms with van der Waals surface area (Å²) in [7, 11) is 0. The summed E-state index contributed by atoms with van der Waals surface area (Å²) in [5.74, 6) is -0.139. The van der Waals surface area contributed by atoms with E-state index in [-0.39, 0.29) is 11.9 Å². The molecule has 136 valence electrons. The number of carbonyl (C=O) groups excluding carboxylic acids is 1. The van der Waals surface area contributed by atoms with Crippen molar-refractivity contribution < 1.29 is 9.21 Å². The Kier molecular flexibility index (Phi) is 4.73. The van der Waals surface area contributed by atoms with E-state index in [4.69, 9.17) is 16.0 Å². The van der Waals surface area contributed by atoms with Crippen molar-refractivity contribution in [3.8, 4) is 0 Å². The lowest BCUT2D eigenvalue weighted by Gasteiger charge is -2.16. The van der Waals surface area contributed by atoms with Gasteiger partial charge in [-0.1, -0.05) is 54.1 Å². The molecule has 2 aromatic heterocycles. The van der Waals surface area contributed by atoms with Gasteiger partial charge in [0, 0.05) is 23.7 Å². The second kappa shape index (κ2) is 7.33. The van der Waals surface area contributed by atoms with E-state index in [1.54, 1.807) is 12.3 Å². The van der Waals surface area contributed by atoms with Gasteiger partial charge in [-0.25, -0.2) is 0 Å². The summed E-state index contributed by atoms with van der Waals surface area (Å²) >= 11 is 6.11. The van der Waals surface area contributed by atoms with Crippen LogP contribution in [0.25, 0.3) is 11.1 Å². The third-order valence-electron chi connectivity index (χ3n) is 4.63. The van der Waals surface area contributed by atoms with Crippen molar-refractivity contribution in [1.82, 2.24) is 9.88 Å². The van der Waals surface area contributed by atoms with Gasteiger partial charge in [-0.2, -0.15) is 0 Å². The van der Waals surface area contributed by atoms with E-state index in [0.29, 0.717) is 22.8 Å². The summed E-state index contributed by atoms with van der Waals surface area (Å²) in [5.41, 5.74) is 4.21. The molecular formula is C22H19ClN2O2. The number of amides is 1. The molecule has 4 aromatic rings. The third-order valence-corrected chi connectivity index (χ3v) is 4.87. The molecule has 0 bridgehead atoms. The molecule has 1 atom stereocenters. The van der Waals surface area contributed by atoms with E-state index >= 15 is 0 Å². The predicted molar refractivity (Wildman–Crippen MR) is 107 cm³/mol. The Labute approximate surface area is 162 Å². The summed E-state index contributed by atoms with van der Waals surface area (Å²) < 4.78 is 7.47. The third kappa shape index (κ3) is 3.62. The minimum atomic E-state index is -0.139. The molecule has 0 aliphatic rings. The summed E-state index contributed by atoms with van der Waals surface area (Å²) in [5, 5.41) is 3.75. The molecule has 0 aliphatic carbocycles. The molecule has 1 N–H and O–H groups in total. The van der Waals surface area contributed by atoms with Gasteiger partial charge in [-0.3, -0.25) is 4.79 Å². The second-order valence-electron chi connectivity index (χ2n) is 6.52. The number of benzene rings is 2. The topological polar surface area (TPSA) is 47.2 Å². The van der Waals surface area contributed by atoms with Crippen molar-refractivity contribution in [3.05, 3.63) is 94.8 Å². The average Bonchev–Trinajstić information content (AvgIpc) is 3.25. The zero-order valence-electron chi connectivity index (χ0n) is 14.9. The normalized spacial score (nSPS) is 12.2. The largest absolute Gasteiger partial charge is 0.463 e. The molecule has 0 fully saturated rings. The first-order valence-electron chi connectivity index (χ1n) is 8.79. The molecular weight excluding hydrogens is 360 g/mol. The molecule has 2 heterocycles. The standard InChI is InChI=1S/C22H19ClN2O2/c1-15(17-7-3-2-4-8-17)24-22(26)20-13-21-19(10-11-27-21)25(20)14-16-6-5-9-18(23)12-16/h2-13,15H,14H2,1H3,(H,24,26). The van der Waals surface area contributed by atoms with Crippen LogP contribution >= 0.6 is 11.6 Å². The second-order valence-corrected chi connectivity index (χ2v) is 6.96. The van der Waals surface area contributed by atoms with Crippen LogP contribution in [0.3, 0.4) is 0 Å². The van der Waals surface area contributed by atoms with Crippen LogP contribution in [-0.4, -0.2) is 10.5 Å². The van der Waals surface area contributed by atoms with E-state index in [9.17, 15) is 4.79 Å². The van der Waals surface area contributed by atoms with Crippen LogP contribution in [0.4, 0.5) is 0 Å². The first-order valence-corrected chi connectivity index (χ1v) is 9.16. The monoisotopic (exact) mass is 378 g/mol. The number of carbonyl (C=O) groups is 1. The number of hydrogen-bond acceptors (Lipinski definition) is 2. The van der Waals surface area contributed by atoms with Crippen LogP contribution < -0.4 is 5.32 Å². The van der Waals surface area contributed by atoms with Gasteiger partial charge in [0.1, 0.15) is 5.69 Å². The van der Waals surface area contributed by atoms with Crippen LogP contribution in [0, 0.1) is 0 Å². The van der Waals surface area contributed by atoms with Gasteiger partial charge in [0.05, 0.1) is 17.8 Å². The van der Waals surface area contributed by atoms with E-state index in [0.717, 1.165) is 16.6 Å². The molecule has 1 unspecified atom stereocenters. The Bertz CT molecular complexity index is 1080. The van der Waals surface area contributed by atoms with Gasteiger partial charge in [-0.15, -0.1) is 0 Å². The predicted octanol–water partition coefficient (Wildman–Crippen LogP) is 5.43. The van der Waals surface area contributed by atoms with E-state index in [2.05, 4.69) is 5.32 Å². The molecule has 1 amide bonds. The fourth-order valence-corrected chi connectivity index (χ4v) is 3.46. The number of aromatic nitrogens is 1. The minimum absolute atomic E-state index is 0.0977. The van der Waals surface area contributed by atoms with Gasteiger partial charge in [0.2, 0.25) is 0 Å². The molecule has 0 aliphatic heterocycles. The van der Waals surface area contributed by atoms with E-state index < -0.39 is 0 Å². The Morgan fingerprint density at radius 2 is 1.93 bits per heavy atom. The molecule has 5 heteroatoms. The molecule has 2 aromatic carbocycles. The van der Waals surface area contributed by atoms with Crippen molar-refractivity contribution in [2.45, 2.75) is 19.5 Å². The van der Waals surface area contributed by atoms with Crippen LogP contribution in [-0.2, 0) is 6.54 Å². The summed E-state index contributed by atoms with van der Waals surface area (Å²) in [4.78, 5) is 13.0. The Hall–Kier alpha value is -2.98. The van der Waals surface area contributed by atoms with Crippen LogP contribution in [0.15, 0.2) is 77.4 Å².